The summed E-state index contributed by atoms with van der Waals surface area (Å²) in [6.07, 6.45) is 0.621. The Bertz CT molecular complexity index is 883. The van der Waals surface area contributed by atoms with Crippen molar-refractivity contribution < 1.29 is 13.9 Å². The smallest absolute Gasteiger partial charge is 0.319 e. The van der Waals surface area contributed by atoms with Crippen LogP contribution in [0.15, 0.2) is 41.4 Å². The molecule has 2 aromatic heterocycles. The number of carbonyl (C=O) groups excluding carboxylic acids is 1. The van der Waals surface area contributed by atoms with E-state index in [9.17, 15) is 9.18 Å². The summed E-state index contributed by atoms with van der Waals surface area (Å²) in [6.45, 7) is 1.91. The highest BCUT2D eigenvalue weighted by Crippen LogP contribution is 2.26. The van der Waals surface area contributed by atoms with Gasteiger partial charge in [-0.3, -0.25) is 4.79 Å². The second-order valence-electron chi connectivity index (χ2n) is 5.01. The largest absolute Gasteiger partial charge is 0.468 e. The number of ether oxygens (including phenoxy) is 1. The quantitative estimate of drug-likeness (QED) is 0.522. The first-order valence-electron chi connectivity index (χ1n) is 7.35. The third-order valence-electron chi connectivity index (χ3n) is 3.42. The second kappa shape index (κ2) is 6.96. The van der Waals surface area contributed by atoms with Gasteiger partial charge in [0, 0.05) is 5.56 Å². The summed E-state index contributed by atoms with van der Waals surface area (Å²) in [7, 11) is 1.37. The number of methoxy groups -OCH3 is 1. The minimum absolute atomic E-state index is 0.293. The topological polar surface area (TPSA) is 69.4 Å². The van der Waals surface area contributed by atoms with Gasteiger partial charge in [-0.25, -0.2) is 4.39 Å². The first kappa shape index (κ1) is 16.4. The lowest BCUT2D eigenvalue weighted by atomic mass is 10.2. The van der Waals surface area contributed by atoms with Gasteiger partial charge in [0.05, 0.1) is 7.11 Å². The van der Waals surface area contributed by atoms with Gasteiger partial charge >= 0.3 is 5.97 Å². The molecule has 24 heavy (non-hydrogen) atoms. The van der Waals surface area contributed by atoms with Gasteiger partial charge in [-0.15, -0.1) is 10.2 Å². The SMILES string of the molecule is CCC(Sc1ccc2nnc(-c3cccc(F)c3)n2n1)C(=O)OC. The Morgan fingerprint density at radius 2 is 2.17 bits per heavy atom. The Labute approximate surface area is 142 Å². The maximum atomic E-state index is 13.5. The van der Waals surface area contributed by atoms with Crippen LogP contribution in [-0.2, 0) is 9.53 Å². The molecule has 0 bridgehead atoms. The van der Waals surface area contributed by atoms with Gasteiger partial charge in [0.25, 0.3) is 0 Å². The number of halogens is 1. The van der Waals surface area contributed by atoms with E-state index in [1.807, 2.05) is 6.92 Å². The van der Waals surface area contributed by atoms with Crippen LogP contribution in [0.2, 0.25) is 0 Å². The molecular formula is C16H15FN4O2S. The lowest BCUT2D eigenvalue weighted by Gasteiger charge is -2.11. The van der Waals surface area contributed by atoms with E-state index < -0.39 is 0 Å². The van der Waals surface area contributed by atoms with Gasteiger partial charge in [0.15, 0.2) is 11.5 Å². The van der Waals surface area contributed by atoms with Crippen LogP contribution < -0.4 is 0 Å². The number of hydrogen-bond donors (Lipinski definition) is 0. The number of rotatable bonds is 5. The van der Waals surface area contributed by atoms with E-state index in [1.54, 1.807) is 28.8 Å². The minimum Gasteiger partial charge on any atom is -0.468 e. The maximum absolute atomic E-state index is 13.5. The molecule has 8 heteroatoms. The summed E-state index contributed by atoms with van der Waals surface area (Å²) in [4.78, 5) is 11.7. The van der Waals surface area contributed by atoms with Crippen molar-refractivity contribution in [3.63, 3.8) is 0 Å². The highest BCUT2D eigenvalue weighted by atomic mass is 32.2. The van der Waals surface area contributed by atoms with E-state index in [-0.39, 0.29) is 17.0 Å². The van der Waals surface area contributed by atoms with Gasteiger partial charge in [-0.1, -0.05) is 30.8 Å². The molecule has 0 fully saturated rings. The highest BCUT2D eigenvalue weighted by molar-refractivity contribution is 8.00. The first-order valence-corrected chi connectivity index (χ1v) is 8.23. The highest BCUT2D eigenvalue weighted by Gasteiger charge is 2.20. The zero-order valence-corrected chi connectivity index (χ0v) is 14.0. The third kappa shape index (κ3) is 3.23. The molecule has 124 valence electrons. The van der Waals surface area contributed by atoms with Gasteiger partial charge < -0.3 is 4.74 Å². The normalized spacial score (nSPS) is 12.3. The summed E-state index contributed by atoms with van der Waals surface area (Å²) in [6, 6.07) is 9.62. The summed E-state index contributed by atoms with van der Waals surface area (Å²) in [5.74, 6) is -0.205. The van der Waals surface area contributed by atoms with Crippen molar-refractivity contribution in [2.75, 3.05) is 7.11 Å². The fourth-order valence-corrected chi connectivity index (χ4v) is 3.14. The number of nitrogens with zero attached hydrogens (tertiary/aromatic N) is 4. The molecule has 0 aliphatic heterocycles. The van der Waals surface area contributed by atoms with Crippen LogP contribution in [0.1, 0.15) is 13.3 Å². The lowest BCUT2D eigenvalue weighted by molar-refractivity contribution is -0.140. The second-order valence-corrected chi connectivity index (χ2v) is 6.24. The average molecular weight is 346 g/mol. The van der Waals surface area contributed by atoms with Crippen LogP contribution in [0.5, 0.6) is 0 Å². The fourth-order valence-electron chi connectivity index (χ4n) is 2.22. The standard InChI is InChI=1S/C16H15FN4O2S/c1-3-12(16(22)23-2)24-14-8-7-13-18-19-15(21(13)20-14)10-5-4-6-11(17)9-10/h4-9,12H,3H2,1-2H3. The Morgan fingerprint density at radius 3 is 2.88 bits per heavy atom. The molecule has 0 aliphatic rings. The van der Waals surface area contributed by atoms with Crippen LogP contribution in [0.4, 0.5) is 4.39 Å². The summed E-state index contributed by atoms with van der Waals surface area (Å²) >= 11 is 1.31. The molecule has 3 aromatic rings. The average Bonchev–Trinajstić information content (AvgIpc) is 3.02. The number of esters is 1. The molecule has 0 amide bonds. The van der Waals surface area contributed by atoms with Gasteiger partial charge in [0.1, 0.15) is 16.1 Å². The number of aromatic nitrogens is 4. The summed E-state index contributed by atoms with van der Waals surface area (Å²) in [5, 5.41) is 12.9. The molecule has 1 atom stereocenters. The van der Waals surface area contributed by atoms with E-state index in [1.165, 1.54) is 31.0 Å². The monoisotopic (exact) mass is 346 g/mol. The van der Waals surface area contributed by atoms with E-state index >= 15 is 0 Å². The van der Waals surface area contributed by atoms with Crippen LogP contribution in [-0.4, -0.2) is 38.1 Å². The Morgan fingerprint density at radius 1 is 1.33 bits per heavy atom. The summed E-state index contributed by atoms with van der Waals surface area (Å²) in [5.41, 5.74) is 1.13. The van der Waals surface area contributed by atoms with Gasteiger partial charge in [0.2, 0.25) is 0 Å². The third-order valence-corrected chi connectivity index (χ3v) is 4.69. The van der Waals surface area contributed by atoms with Crippen molar-refractivity contribution in [1.82, 2.24) is 19.8 Å². The van der Waals surface area contributed by atoms with Crippen molar-refractivity contribution in [2.45, 2.75) is 23.6 Å². The number of benzene rings is 1. The molecule has 0 N–H and O–H groups in total. The van der Waals surface area contributed by atoms with Gasteiger partial charge in [-0.05, 0) is 30.7 Å². The number of hydrogen-bond acceptors (Lipinski definition) is 6. The predicted octanol–water partition coefficient (Wildman–Crippen LogP) is 2.97. The Balaban J connectivity index is 1.98. The molecule has 0 saturated carbocycles. The van der Waals surface area contributed by atoms with Crippen LogP contribution >= 0.6 is 11.8 Å². The zero-order valence-electron chi connectivity index (χ0n) is 13.1. The summed E-state index contributed by atoms with van der Waals surface area (Å²) < 4.78 is 19.8. The van der Waals surface area contributed by atoms with Crippen LogP contribution in [0.3, 0.4) is 0 Å². The molecule has 0 spiro atoms. The van der Waals surface area contributed by atoms with Crippen LogP contribution in [0, 0.1) is 5.82 Å². The van der Waals surface area contributed by atoms with E-state index in [2.05, 4.69) is 15.3 Å². The van der Waals surface area contributed by atoms with E-state index in [0.717, 1.165) is 0 Å². The maximum Gasteiger partial charge on any atom is 0.319 e. The molecule has 0 radical (unpaired) electrons. The van der Waals surface area contributed by atoms with E-state index in [0.29, 0.717) is 28.5 Å². The predicted molar refractivity (Wildman–Crippen MR) is 88.1 cm³/mol. The molecule has 3 rings (SSSR count). The number of thioether (sulfide) groups is 1. The minimum atomic E-state index is -0.355. The molecule has 1 aromatic carbocycles. The van der Waals surface area contributed by atoms with Crippen molar-refractivity contribution in [3.8, 4) is 11.4 Å². The van der Waals surface area contributed by atoms with E-state index in [4.69, 9.17) is 4.74 Å². The molecule has 1 unspecified atom stereocenters. The number of fused-ring (bicyclic) bond motifs is 1. The molecule has 0 aliphatic carbocycles. The first-order chi connectivity index (χ1) is 11.6. The van der Waals surface area contributed by atoms with Crippen molar-refractivity contribution in [3.05, 3.63) is 42.2 Å². The van der Waals surface area contributed by atoms with Crippen molar-refractivity contribution >= 4 is 23.4 Å². The number of carbonyl (C=O) groups is 1. The Hall–Kier alpha value is -2.48. The van der Waals surface area contributed by atoms with Crippen molar-refractivity contribution in [2.24, 2.45) is 0 Å². The lowest BCUT2D eigenvalue weighted by Crippen LogP contribution is -2.18. The van der Waals surface area contributed by atoms with Gasteiger partial charge in [-0.2, -0.15) is 9.61 Å². The zero-order chi connectivity index (χ0) is 17.1. The molecule has 6 nitrogen and oxygen atoms in total. The van der Waals surface area contributed by atoms with Crippen molar-refractivity contribution in [1.29, 1.82) is 0 Å². The molecular weight excluding hydrogens is 331 g/mol. The fraction of sp³-hybridized carbons (Fsp3) is 0.250. The van der Waals surface area contributed by atoms with Crippen LogP contribution in [0.25, 0.3) is 17.0 Å². The molecule has 2 heterocycles. The molecule has 0 saturated heterocycles. The Kier molecular flexibility index (Phi) is 4.75.